The van der Waals surface area contributed by atoms with E-state index < -0.39 is 0 Å². The number of hydrogen-bond donors (Lipinski definition) is 0. The summed E-state index contributed by atoms with van der Waals surface area (Å²) in [5.41, 5.74) is 1.83. The summed E-state index contributed by atoms with van der Waals surface area (Å²) < 4.78 is 4.89. The molecule has 0 amide bonds. The number of nitroso groups, excluding NO2 is 1. The van der Waals surface area contributed by atoms with Gasteiger partial charge < -0.3 is 4.74 Å². The molecule has 5 nitrogen and oxygen atoms in total. The fourth-order valence-corrected chi connectivity index (χ4v) is 2.13. The van der Waals surface area contributed by atoms with Crippen LogP contribution in [0, 0.1) is 4.91 Å². The number of rotatable bonds is 4. The Morgan fingerprint density at radius 1 is 1.53 bits per heavy atom. The van der Waals surface area contributed by atoms with E-state index in [1.54, 1.807) is 6.92 Å². The predicted octanol–water partition coefficient (Wildman–Crippen LogP) is 2.05. The summed E-state index contributed by atoms with van der Waals surface area (Å²) in [6.07, 6.45) is 0.842. The number of esters is 1. The van der Waals surface area contributed by atoms with Crippen LogP contribution in [0.1, 0.15) is 18.9 Å². The van der Waals surface area contributed by atoms with Gasteiger partial charge in [0.15, 0.2) is 0 Å². The van der Waals surface area contributed by atoms with Gasteiger partial charge in [0.1, 0.15) is 0 Å². The van der Waals surface area contributed by atoms with Crippen molar-refractivity contribution < 1.29 is 9.53 Å². The second kappa shape index (κ2) is 4.95. The molecule has 0 aromatic heterocycles. The van der Waals surface area contributed by atoms with Crippen LogP contribution in [-0.4, -0.2) is 18.6 Å². The van der Waals surface area contributed by atoms with Gasteiger partial charge in [0.05, 0.1) is 30.0 Å². The molecular formula is C12H14N2O3. The van der Waals surface area contributed by atoms with E-state index in [-0.39, 0.29) is 18.4 Å². The van der Waals surface area contributed by atoms with Crippen LogP contribution in [0.25, 0.3) is 0 Å². The van der Waals surface area contributed by atoms with E-state index in [0.717, 1.165) is 11.3 Å². The second-order valence-corrected chi connectivity index (χ2v) is 3.92. The first kappa shape index (κ1) is 11.6. The Morgan fingerprint density at radius 3 is 3.00 bits per heavy atom. The van der Waals surface area contributed by atoms with Crippen LogP contribution in [0.2, 0.25) is 0 Å². The third-order valence-electron chi connectivity index (χ3n) is 2.84. The van der Waals surface area contributed by atoms with Gasteiger partial charge >= 0.3 is 5.97 Å². The van der Waals surface area contributed by atoms with E-state index in [9.17, 15) is 9.70 Å². The van der Waals surface area contributed by atoms with E-state index >= 15 is 0 Å². The van der Waals surface area contributed by atoms with E-state index in [4.69, 9.17) is 4.74 Å². The molecule has 1 heterocycles. The number of fused-ring (bicyclic) bond motifs is 1. The highest BCUT2D eigenvalue weighted by molar-refractivity contribution is 5.72. The summed E-state index contributed by atoms with van der Waals surface area (Å²) in [7, 11) is 0. The number of para-hydroxylation sites is 1. The first-order valence-electron chi connectivity index (χ1n) is 5.62. The zero-order valence-corrected chi connectivity index (χ0v) is 9.63. The van der Waals surface area contributed by atoms with Crippen molar-refractivity contribution in [2.75, 3.05) is 11.6 Å². The molecule has 0 saturated heterocycles. The number of carbonyl (C=O) groups is 1. The molecule has 5 heteroatoms. The van der Waals surface area contributed by atoms with E-state index in [1.165, 1.54) is 5.01 Å². The third-order valence-corrected chi connectivity index (χ3v) is 2.84. The monoisotopic (exact) mass is 234 g/mol. The SMILES string of the molecule is CCOC(=O)CC1Cc2ccccc2N1N=O. The van der Waals surface area contributed by atoms with Crippen LogP contribution in [-0.2, 0) is 16.0 Å². The van der Waals surface area contributed by atoms with Gasteiger partial charge in [-0.3, -0.25) is 4.79 Å². The standard InChI is InChI=1S/C12H14N2O3/c1-2-17-12(15)8-10-7-9-5-3-4-6-11(9)14(10)13-16/h3-6,10H,2,7-8H2,1H3. The maximum atomic E-state index is 11.4. The van der Waals surface area contributed by atoms with Gasteiger partial charge in [0.25, 0.3) is 0 Å². The molecular weight excluding hydrogens is 220 g/mol. The molecule has 90 valence electrons. The van der Waals surface area contributed by atoms with Crippen molar-refractivity contribution in [3.63, 3.8) is 0 Å². The van der Waals surface area contributed by atoms with Gasteiger partial charge in [-0.25, -0.2) is 5.01 Å². The van der Waals surface area contributed by atoms with Gasteiger partial charge in [-0.15, -0.1) is 4.91 Å². The van der Waals surface area contributed by atoms with Gasteiger partial charge in [0, 0.05) is 0 Å². The first-order chi connectivity index (χ1) is 8.26. The van der Waals surface area contributed by atoms with Crippen molar-refractivity contribution in [3.8, 4) is 0 Å². The number of anilines is 1. The van der Waals surface area contributed by atoms with Crippen molar-refractivity contribution >= 4 is 11.7 Å². The number of benzene rings is 1. The number of ether oxygens (including phenoxy) is 1. The Bertz CT molecular complexity index is 434. The average molecular weight is 234 g/mol. The summed E-state index contributed by atoms with van der Waals surface area (Å²) in [5.74, 6) is -0.293. The van der Waals surface area contributed by atoms with Crippen molar-refractivity contribution in [1.82, 2.24) is 0 Å². The van der Waals surface area contributed by atoms with Crippen LogP contribution in [0.3, 0.4) is 0 Å². The minimum absolute atomic E-state index is 0.189. The van der Waals surface area contributed by atoms with Gasteiger partial charge in [-0.1, -0.05) is 18.2 Å². The molecule has 1 unspecified atom stereocenters. The fraction of sp³-hybridized carbons (Fsp3) is 0.417. The van der Waals surface area contributed by atoms with Crippen molar-refractivity contribution in [1.29, 1.82) is 0 Å². The van der Waals surface area contributed by atoms with Crippen LogP contribution in [0.5, 0.6) is 0 Å². The van der Waals surface area contributed by atoms with Crippen LogP contribution < -0.4 is 5.01 Å². The predicted molar refractivity (Wildman–Crippen MR) is 63.5 cm³/mol. The minimum atomic E-state index is -0.293. The molecule has 1 aromatic rings. The largest absolute Gasteiger partial charge is 0.466 e. The average Bonchev–Trinajstić information content (AvgIpc) is 2.66. The number of hydrogen-bond acceptors (Lipinski definition) is 4. The molecule has 1 aromatic carbocycles. The quantitative estimate of drug-likeness (QED) is 0.591. The fourth-order valence-electron chi connectivity index (χ4n) is 2.13. The molecule has 0 fully saturated rings. The first-order valence-corrected chi connectivity index (χ1v) is 5.62. The molecule has 0 spiro atoms. The van der Waals surface area contributed by atoms with Gasteiger partial charge in [0.2, 0.25) is 0 Å². The Labute approximate surface area is 99.3 Å². The molecule has 1 aliphatic heterocycles. The smallest absolute Gasteiger partial charge is 0.307 e. The minimum Gasteiger partial charge on any atom is -0.466 e. The highest BCUT2D eigenvalue weighted by Gasteiger charge is 2.32. The highest BCUT2D eigenvalue weighted by Crippen LogP contribution is 2.33. The Morgan fingerprint density at radius 2 is 2.29 bits per heavy atom. The summed E-state index contributed by atoms with van der Waals surface area (Å²) in [5, 5.41) is 4.37. The molecule has 0 N–H and O–H groups in total. The van der Waals surface area contributed by atoms with E-state index in [1.807, 2.05) is 24.3 Å². The molecule has 0 aliphatic carbocycles. The zero-order chi connectivity index (χ0) is 12.3. The van der Waals surface area contributed by atoms with E-state index in [0.29, 0.717) is 13.0 Å². The molecule has 1 atom stereocenters. The topological polar surface area (TPSA) is 59.0 Å². The molecule has 17 heavy (non-hydrogen) atoms. The molecule has 2 rings (SSSR count). The maximum Gasteiger partial charge on any atom is 0.307 e. The lowest BCUT2D eigenvalue weighted by molar-refractivity contribution is -0.143. The lowest BCUT2D eigenvalue weighted by Crippen LogP contribution is -2.29. The normalized spacial score (nSPS) is 17.7. The van der Waals surface area contributed by atoms with Gasteiger partial charge in [-0.2, -0.15) is 0 Å². The van der Waals surface area contributed by atoms with Crippen LogP contribution >= 0.6 is 0 Å². The van der Waals surface area contributed by atoms with Crippen molar-refractivity contribution in [2.45, 2.75) is 25.8 Å². The summed E-state index contributed by atoms with van der Waals surface area (Å²) in [4.78, 5) is 22.3. The lowest BCUT2D eigenvalue weighted by atomic mass is 10.1. The lowest BCUT2D eigenvalue weighted by Gasteiger charge is -2.17. The molecule has 0 bridgehead atoms. The summed E-state index contributed by atoms with van der Waals surface area (Å²) in [6, 6.07) is 7.32. The summed E-state index contributed by atoms with van der Waals surface area (Å²) >= 11 is 0. The van der Waals surface area contributed by atoms with Crippen molar-refractivity contribution in [2.24, 2.45) is 5.29 Å². The van der Waals surface area contributed by atoms with Crippen molar-refractivity contribution in [3.05, 3.63) is 34.7 Å². The maximum absolute atomic E-state index is 11.4. The van der Waals surface area contributed by atoms with Crippen LogP contribution in [0.4, 0.5) is 5.69 Å². The zero-order valence-electron chi connectivity index (χ0n) is 9.63. The Kier molecular flexibility index (Phi) is 3.37. The third kappa shape index (κ3) is 2.27. The molecule has 0 saturated carbocycles. The number of nitrogens with zero attached hydrogens (tertiary/aromatic N) is 2. The van der Waals surface area contributed by atoms with Crippen LogP contribution in [0.15, 0.2) is 29.6 Å². The Hall–Kier alpha value is -1.91. The van der Waals surface area contributed by atoms with Gasteiger partial charge in [-0.05, 0) is 25.0 Å². The molecule has 1 aliphatic rings. The van der Waals surface area contributed by atoms with E-state index in [2.05, 4.69) is 5.29 Å². The highest BCUT2D eigenvalue weighted by atomic mass is 16.5. The number of carbonyl (C=O) groups excluding carboxylic acids is 1. The second-order valence-electron chi connectivity index (χ2n) is 3.92. The molecule has 0 radical (unpaired) electrons. The summed E-state index contributed by atoms with van der Waals surface area (Å²) in [6.45, 7) is 2.12. The Balaban J connectivity index is 2.12.